The molecule has 4 aromatic rings. The van der Waals surface area contributed by atoms with Crippen molar-refractivity contribution >= 4 is 31.4 Å². The zero-order valence-corrected chi connectivity index (χ0v) is 32.5. The highest BCUT2D eigenvalue weighted by Gasteiger charge is 2.43. The molecule has 0 spiro atoms. The van der Waals surface area contributed by atoms with Crippen molar-refractivity contribution in [3.63, 3.8) is 0 Å². The van der Waals surface area contributed by atoms with Crippen LogP contribution < -0.4 is 21.3 Å². The number of nitrogens with one attached hydrogen (secondary N) is 4. The summed E-state index contributed by atoms with van der Waals surface area (Å²) in [5.74, 6) is -5.07. The smallest absolute Gasteiger partial charge is 0.408 e. The fourth-order valence-electron chi connectivity index (χ4n) is 5.80. The lowest BCUT2D eigenvalue weighted by atomic mass is 10.0. The molecule has 292 valence electrons. The minimum atomic E-state index is -4.62. The van der Waals surface area contributed by atoms with Crippen LogP contribution in [0.4, 0.5) is 9.59 Å². The highest BCUT2D eigenvalue weighted by molar-refractivity contribution is 7.59. The Morgan fingerprint density at radius 3 is 1.09 bits per heavy atom. The van der Waals surface area contributed by atoms with Gasteiger partial charge in [0.05, 0.1) is 0 Å². The summed E-state index contributed by atoms with van der Waals surface area (Å²) in [6.45, 7) is 6.89. The predicted octanol–water partition coefficient (Wildman–Crippen LogP) is 6.53. The molecule has 4 rings (SSSR count). The topological polar surface area (TPSA) is 172 Å². The molecule has 5 N–H and O–H groups in total. The summed E-state index contributed by atoms with van der Waals surface area (Å²) < 4.78 is 25.7. The van der Waals surface area contributed by atoms with E-state index >= 15 is 0 Å². The van der Waals surface area contributed by atoms with Gasteiger partial charge in [0.2, 0.25) is 19.2 Å². The van der Waals surface area contributed by atoms with E-state index in [-0.39, 0.29) is 26.1 Å². The molecule has 0 aromatic heterocycles. The van der Waals surface area contributed by atoms with E-state index in [2.05, 4.69) is 21.3 Å². The highest BCUT2D eigenvalue weighted by atomic mass is 31.2. The standard InChI is InChI=1S/C42H51N4O8P/c1-29(2)37(45-41(49)53-27-33-21-13-7-14-22-33)39(47)43-35(25-31-17-9-5-10-18-31)55(51,52)36(26-32-19-11-6-12-20-32)44-40(48)38(30(3)4)46-42(50)54-28-34-23-15-8-16-24-34/h5-24,29-30,35-38H,25-28H2,1-4H3,(H,43,47)(H,44,48)(H,45,49)(H,46,50)(H,51,52)/t35-,36+,37-,38-/m0/s1. The Bertz CT molecular complexity index is 1730. The summed E-state index contributed by atoms with van der Waals surface area (Å²) in [5, 5.41) is 10.7. The van der Waals surface area contributed by atoms with E-state index in [1.54, 1.807) is 113 Å². The van der Waals surface area contributed by atoms with Gasteiger partial charge in [-0.15, -0.1) is 0 Å². The third-order valence-electron chi connectivity index (χ3n) is 8.93. The van der Waals surface area contributed by atoms with Gasteiger partial charge in [-0.2, -0.15) is 0 Å². The number of alkyl carbamates (subject to hydrolysis) is 2. The number of amides is 4. The van der Waals surface area contributed by atoms with Crippen molar-refractivity contribution < 1.29 is 38.1 Å². The van der Waals surface area contributed by atoms with Crippen molar-refractivity contribution in [3.05, 3.63) is 144 Å². The van der Waals surface area contributed by atoms with Crippen LogP contribution in [0.2, 0.25) is 0 Å². The number of hydrogen-bond acceptors (Lipinski definition) is 7. The molecule has 4 amide bonds. The van der Waals surface area contributed by atoms with Gasteiger partial charge in [0, 0.05) is 12.8 Å². The average molecular weight is 771 g/mol. The normalized spacial score (nSPS) is 14.4. The van der Waals surface area contributed by atoms with Crippen LogP contribution in [0.3, 0.4) is 0 Å². The zero-order valence-electron chi connectivity index (χ0n) is 31.6. The Kier molecular flexibility index (Phi) is 16.0. The first-order chi connectivity index (χ1) is 26.3. The summed E-state index contributed by atoms with van der Waals surface area (Å²) in [5.41, 5.74) is 2.84. The van der Waals surface area contributed by atoms with Crippen molar-refractivity contribution in [2.24, 2.45) is 11.8 Å². The average Bonchev–Trinajstić information content (AvgIpc) is 3.18. The third kappa shape index (κ3) is 13.4. The van der Waals surface area contributed by atoms with Gasteiger partial charge < -0.3 is 35.6 Å². The SMILES string of the molecule is CC(C)[C@H](NC(=O)OCc1ccccc1)C(=O)N[C@@H](Cc1ccccc1)P(=O)(O)[C@@H](Cc1ccccc1)NC(=O)[C@@H](NC(=O)OCc1ccccc1)C(C)C. The van der Waals surface area contributed by atoms with Crippen LogP contribution in [-0.4, -0.2) is 52.5 Å². The lowest BCUT2D eigenvalue weighted by Crippen LogP contribution is -2.55. The number of ether oxygens (including phenoxy) is 2. The van der Waals surface area contributed by atoms with Crippen LogP contribution in [0.15, 0.2) is 121 Å². The van der Waals surface area contributed by atoms with E-state index in [9.17, 15) is 28.6 Å². The molecule has 12 nitrogen and oxygen atoms in total. The molecule has 0 aliphatic rings. The van der Waals surface area contributed by atoms with E-state index in [0.717, 1.165) is 11.1 Å². The van der Waals surface area contributed by atoms with E-state index in [1.807, 2.05) is 36.4 Å². The number of carbonyl (C=O) groups is 4. The molecule has 0 saturated heterocycles. The van der Waals surface area contributed by atoms with E-state index < -0.39 is 66.9 Å². The van der Waals surface area contributed by atoms with Crippen LogP contribution in [0, 0.1) is 11.8 Å². The Morgan fingerprint density at radius 1 is 0.509 bits per heavy atom. The monoisotopic (exact) mass is 770 g/mol. The maximum Gasteiger partial charge on any atom is 0.408 e. The summed E-state index contributed by atoms with van der Waals surface area (Å²) in [4.78, 5) is 65.8. The first-order valence-corrected chi connectivity index (χ1v) is 20.1. The summed E-state index contributed by atoms with van der Waals surface area (Å²) in [6, 6.07) is 33.7. The molecule has 13 heteroatoms. The van der Waals surface area contributed by atoms with Gasteiger partial charge in [-0.3, -0.25) is 14.2 Å². The van der Waals surface area contributed by atoms with Crippen LogP contribution in [0.5, 0.6) is 0 Å². The predicted molar refractivity (Wildman–Crippen MR) is 211 cm³/mol. The van der Waals surface area contributed by atoms with Gasteiger partial charge in [-0.1, -0.05) is 149 Å². The maximum atomic E-state index is 14.9. The van der Waals surface area contributed by atoms with Gasteiger partial charge in [-0.25, -0.2) is 9.59 Å². The van der Waals surface area contributed by atoms with Crippen molar-refractivity contribution in [1.29, 1.82) is 0 Å². The molecule has 5 atom stereocenters. The first kappa shape index (κ1) is 42.3. The highest BCUT2D eigenvalue weighted by Crippen LogP contribution is 2.51. The molecule has 0 fully saturated rings. The minimum absolute atomic E-state index is 0.0145. The Labute approximate surface area is 322 Å². The summed E-state index contributed by atoms with van der Waals surface area (Å²) in [7, 11) is -4.62. The van der Waals surface area contributed by atoms with Gasteiger partial charge in [0.25, 0.3) is 0 Å². The summed E-state index contributed by atoms with van der Waals surface area (Å²) >= 11 is 0. The molecule has 0 heterocycles. The Morgan fingerprint density at radius 2 is 0.800 bits per heavy atom. The van der Waals surface area contributed by atoms with Crippen molar-refractivity contribution in [2.45, 2.75) is 77.4 Å². The fourth-order valence-corrected chi connectivity index (χ4v) is 7.81. The van der Waals surface area contributed by atoms with Crippen LogP contribution in [0.25, 0.3) is 0 Å². The van der Waals surface area contributed by atoms with Crippen molar-refractivity contribution in [1.82, 2.24) is 21.3 Å². The van der Waals surface area contributed by atoms with E-state index in [0.29, 0.717) is 11.1 Å². The molecule has 4 aromatic carbocycles. The molecule has 0 bridgehead atoms. The second-order valence-corrected chi connectivity index (χ2v) is 16.5. The molecule has 0 radical (unpaired) electrons. The van der Waals surface area contributed by atoms with E-state index in [4.69, 9.17) is 9.47 Å². The van der Waals surface area contributed by atoms with E-state index in [1.165, 1.54) is 0 Å². The first-order valence-electron chi connectivity index (χ1n) is 18.3. The number of benzene rings is 4. The molecular formula is C42H51N4O8P. The largest absolute Gasteiger partial charge is 0.445 e. The second-order valence-electron chi connectivity index (χ2n) is 14.0. The summed E-state index contributed by atoms with van der Waals surface area (Å²) in [6.07, 6.45) is -1.79. The number of hydrogen-bond donors (Lipinski definition) is 5. The maximum absolute atomic E-state index is 14.9. The molecule has 55 heavy (non-hydrogen) atoms. The van der Waals surface area contributed by atoms with Crippen LogP contribution >= 0.6 is 7.37 Å². The fraction of sp³-hybridized carbons (Fsp3) is 0.333. The molecule has 1 unspecified atom stereocenters. The lowest BCUT2D eigenvalue weighted by Gasteiger charge is -2.34. The Hall–Kier alpha value is -5.45. The van der Waals surface area contributed by atoms with Gasteiger partial charge in [0.1, 0.15) is 36.9 Å². The number of rotatable bonds is 18. The lowest BCUT2D eigenvalue weighted by molar-refractivity contribution is -0.124. The zero-order chi connectivity index (χ0) is 39.8. The molecule has 0 aliphatic heterocycles. The second kappa shape index (κ2) is 20.9. The van der Waals surface area contributed by atoms with Crippen LogP contribution in [-0.2, 0) is 49.7 Å². The molecular weight excluding hydrogens is 719 g/mol. The third-order valence-corrected chi connectivity index (χ3v) is 11.3. The van der Waals surface area contributed by atoms with Gasteiger partial charge >= 0.3 is 12.2 Å². The Balaban J connectivity index is 1.58. The van der Waals surface area contributed by atoms with Gasteiger partial charge in [-0.05, 0) is 34.1 Å². The van der Waals surface area contributed by atoms with Crippen LogP contribution in [0.1, 0.15) is 49.9 Å². The van der Waals surface area contributed by atoms with Crippen molar-refractivity contribution in [2.75, 3.05) is 0 Å². The minimum Gasteiger partial charge on any atom is -0.445 e. The molecule has 0 aliphatic carbocycles. The van der Waals surface area contributed by atoms with Crippen molar-refractivity contribution in [3.8, 4) is 0 Å². The van der Waals surface area contributed by atoms with Gasteiger partial charge in [0.15, 0.2) is 0 Å². The number of carbonyl (C=O) groups excluding carboxylic acids is 4. The quantitative estimate of drug-likeness (QED) is 0.0711. The molecule has 0 saturated carbocycles.